The van der Waals surface area contributed by atoms with E-state index in [1.807, 2.05) is 30.3 Å². The predicted octanol–water partition coefficient (Wildman–Crippen LogP) is 4.26. The Labute approximate surface area is 169 Å². The number of hydrogen-bond acceptors (Lipinski definition) is 4. The molecule has 0 atom stereocenters. The first-order valence-electron chi connectivity index (χ1n) is 8.57. The number of benzene rings is 2. The molecule has 0 saturated carbocycles. The Morgan fingerprint density at radius 1 is 1.14 bits per heavy atom. The summed E-state index contributed by atoms with van der Waals surface area (Å²) >= 11 is 7.42. The molecule has 0 bridgehead atoms. The van der Waals surface area contributed by atoms with Gasteiger partial charge in [0.1, 0.15) is 11.3 Å². The molecule has 2 aromatic carbocycles. The summed E-state index contributed by atoms with van der Waals surface area (Å²) in [6.07, 6.45) is 1.56. The van der Waals surface area contributed by atoms with Gasteiger partial charge >= 0.3 is 0 Å². The van der Waals surface area contributed by atoms with Crippen LogP contribution in [0, 0.1) is 5.82 Å². The molecule has 142 valence electrons. The number of aromatic nitrogens is 4. The molecule has 2 heterocycles. The first kappa shape index (κ1) is 18.7. The normalized spacial score (nSPS) is 11.2. The largest absolute Gasteiger partial charge is 0.281 e. The van der Waals surface area contributed by atoms with Crippen molar-refractivity contribution in [3.63, 3.8) is 0 Å². The summed E-state index contributed by atoms with van der Waals surface area (Å²) in [4.78, 5) is 17.7. The van der Waals surface area contributed by atoms with Crippen LogP contribution in [-0.2, 0) is 19.3 Å². The smallest absolute Gasteiger partial charge is 0.280 e. The maximum absolute atomic E-state index is 14.1. The van der Waals surface area contributed by atoms with Gasteiger partial charge in [0.2, 0.25) is 0 Å². The van der Waals surface area contributed by atoms with E-state index < -0.39 is 0 Å². The number of rotatable bonds is 5. The molecule has 5 nitrogen and oxygen atoms in total. The number of halogens is 2. The van der Waals surface area contributed by atoms with Crippen molar-refractivity contribution in [2.24, 2.45) is 7.05 Å². The van der Waals surface area contributed by atoms with Crippen molar-refractivity contribution in [2.45, 2.75) is 17.5 Å². The van der Waals surface area contributed by atoms with Gasteiger partial charge < -0.3 is 0 Å². The zero-order chi connectivity index (χ0) is 19.7. The maximum Gasteiger partial charge on any atom is 0.280 e. The molecule has 0 aliphatic heterocycles. The molecule has 0 radical (unpaired) electrons. The lowest BCUT2D eigenvalue weighted by Crippen LogP contribution is -2.25. The van der Waals surface area contributed by atoms with Crippen LogP contribution in [0.25, 0.3) is 11.0 Å². The van der Waals surface area contributed by atoms with Crippen LogP contribution in [0.3, 0.4) is 0 Å². The fourth-order valence-corrected chi connectivity index (χ4v) is 4.30. The SMILES string of the molecule is Cn1ncc2nc(SCc3c(F)cccc3Cl)n(Cc3ccccc3)c(=O)c21. The van der Waals surface area contributed by atoms with Gasteiger partial charge in [0, 0.05) is 23.4 Å². The number of hydrogen-bond donors (Lipinski definition) is 0. The Morgan fingerprint density at radius 3 is 2.68 bits per heavy atom. The molecule has 8 heteroatoms. The molecule has 28 heavy (non-hydrogen) atoms. The van der Waals surface area contributed by atoms with Crippen molar-refractivity contribution < 1.29 is 4.39 Å². The van der Waals surface area contributed by atoms with Crippen molar-refractivity contribution in [3.8, 4) is 0 Å². The number of nitrogens with zero attached hydrogens (tertiary/aromatic N) is 4. The summed E-state index contributed by atoms with van der Waals surface area (Å²) in [5.41, 5.74) is 2.12. The van der Waals surface area contributed by atoms with Crippen molar-refractivity contribution in [2.75, 3.05) is 0 Å². The molecule has 0 fully saturated rings. The molecule has 0 amide bonds. The lowest BCUT2D eigenvalue weighted by Gasteiger charge is -2.13. The summed E-state index contributed by atoms with van der Waals surface area (Å²) in [7, 11) is 1.71. The molecular weight excluding hydrogens is 399 g/mol. The van der Waals surface area contributed by atoms with Crippen LogP contribution in [0.4, 0.5) is 4.39 Å². The fraction of sp³-hybridized carbons (Fsp3) is 0.150. The van der Waals surface area contributed by atoms with E-state index in [2.05, 4.69) is 10.1 Å². The summed E-state index contributed by atoms with van der Waals surface area (Å²) < 4.78 is 17.3. The van der Waals surface area contributed by atoms with Crippen LogP contribution in [0.2, 0.25) is 5.02 Å². The molecule has 0 spiro atoms. The first-order valence-corrected chi connectivity index (χ1v) is 9.93. The third-order valence-corrected chi connectivity index (χ3v) is 5.76. The monoisotopic (exact) mass is 414 g/mol. The van der Waals surface area contributed by atoms with Gasteiger partial charge in [-0.3, -0.25) is 14.0 Å². The van der Waals surface area contributed by atoms with E-state index in [1.54, 1.807) is 29.9 Å². The minimum Gasteiger partial charge on any atom is -0.281 e. The standard InChI is InChI=1S/C20H16ClFN4OS/c1-25-18-17(10-23-25)24-20(28-12-14-15(21)8-5-9-16(14)22)26(19(18)27)11-13-6-3-2-4-7-13/h2-10H,11-12H2,1H3. The van der Waals surface area contributed by atoms with E-state index in [9.17, 15) is 9.18 Å². The average Bonchev–Trinajstić information content (AvgIpc) is 3.06. The first-order chi connectivity index (χ1) is 13.5. The van der Waals surface area contributed by atoms with E-state index >= 15 is 0 Å². The van der Waals surface area contributed by atoms with E-state index in [0.29, 0.717) is 33.3 Å². The second-order valence-corrected chi connectivity index (χ2v) is 7.61. The van der Waals surface area contributed by atoms with E-state index in [0.717, 1.165) is 5.56 Å². The second-order valence-electron chi connectivity index (χ2n) is 6.26. The maximum atomic E-state index is 14.1. The number of fused-ring (bicyclic) bond motifs is 1. The molecular formula is C20H16ClFN4OS. The van der Waals surface area contributed by atoms with Gasteiger partial charge in [0.05, 0.1) is 12.7 Å². The predicted molar refractivity (Wildman–Crippen MR) is 109 cm³/mol. The van der Waals surface area contributed by atoms with Crippen molar-refractivity contribution >= 4 is 34.4 Å². The zero-order valence-corrected chi connectivity index (χ0v) is 16.5. The summed E-state index contributed by atoms with van der Waals surface area (Å²) in [5.74, 6) is -0.113. The van der Waals surface area contributed by atoms with Gasteiger partial charge in [0.25, 0.3) is 5.56 Å². The van der Waals surface area contributed by atoms with Crippen molar-refractivity contribution in [1.82, 2.24) is 19.3 Å². The molecule has 2 aromatic heterocycles. The Bertz CT molecular complexity index is 1190. The topological polar surface area (TPSA) is 52.7 Å². The van der Waals surface area contributed by atoms with Gasteiger partial charge in [-0.25, -0.2) is 9.37 Å². The van der Waals surface area contributed by atoms with Gasteiger partial charge in [-0.1, -0.05) is 59.8 Å². The zero-order valence-electron chi connectivity index (χ0n) is 15.0. The van der Waals surface area contributed by atoms with Crippen LogP contribution in [0.5, 0.6) is 0 Å². The second kappa shape index (κ2) is 7.77. The van der Waals surface area contributed by atoms with Crippen LogP contribution in [0.1, 0.15) is 11.1 Å². The highest BCUT2D eigenvalue weighted by Gasteiger charge is 2.16. The Hall–Kier alpha value is -2.64. The lowest BCUT2D eigenvalue weighted by atomic mass is 10.2. The molecule has 0 saturated heterocycles. The molecule has 0 aliphatic carbocycles. The average molecular weight is 415 g/mol. The highest BCUT2D eigenvalue weighted by molar-refractivity contribution is 7.98. The van der Waals surface area contributed by atoms with Crippen LogP contribution < -0.4 is 5.56 Å². The third kappa shape index (κ3) is 3.55. The van der Waals surface area contributed by atoms with Crippen molar-refractivity contribution in [1.29, 1.82) is 0 Å². The lowest BCUT2D eigenvalue weighted by molar-refractivity contribution is 0.616. The Balaban J connectivity index is 1.77. The van der Waals surface area contributed by atoms with E-state index in [1.165, 1.54) is 22.5 Å². The number of thioether (sulfide) groups is 1. The van der Waals surface area contributed by atoms with Crippen LogP contribution >= 0.6 is 23.4 Å². The highest BCUT2D eigenvalue weighted by Crippen LogP contribution is 2.28. The van der Waals surface area contributed by atoms with Gasteiger partial charge in [-0.05, 0) is 17.7 Å². The van der Waals surface area contributed by atoms with Gasteiger partial charge in [-0.2, -0.15) is 5.10 Å². The Kier molecular flexibility index (Phi) is 5.19. The Morgan fingerprint density at radius 2 is 1.93 bits per heavy atom. The minimum atomic E-state index is -0.376. The van der Waals surface area contributed by atoms with Crippen LogP contribution in [0.15, 0.2) is 64.7 Å². The molecule has 0 unspecified atom stereocenters. The quantitative estimate of drug-likeness (QED) is 0.361. The molecule has 0 N–H and O–H groups in total. The summed E-state index contributed by atoms with van der Waals surface area (Å²) in [6.45, 7) is 0.362. The van der Waals surface area contributed by atoms with Crippen molar-refractivity contribution in [3.05, 3.63) is 87.0 Å². The fourth-order valence-electron chi connectivity index (χ4n) is 2.96. The van der Waals surface area contributed by atoms with E-state index in [-0.39, 0.29) is 17.1 Å². The van der Waals surface area contributed by atoms with Gasteiger partial charge in [0.15, 0.2) is 10.7 Å². The minimum absolute atomic E-state index is 0.184. The highest BCUT2D eigenvalue weighted by atomic mass is 35.5. The number of aryl methyl sites for hydroxylation is 1. The molecule has 4 aromatic rings. The molecule has 4 rings (SSSR count). The third-order valence-electron chi connectivity index (χ3n) is 4.40. The molecule has 0 aliphatic rings. The van der Waals surface area contributed by atoms with Gasteiger partial charge in [-0.15, -0.1) is 0 Å². The van der Waals surface area contributed by atoms with Crippen LogP contribution in [-0.4, -0.2) is 19.3 Å². The summed E-state index contributed by atoms with van der Waals surface area (Å²) in [6, 6.07) is 14.2. The summed E-state index contributed by atoms with van der Waals surface area (Å²) in [5, 5.41) is 4.99. The van der Waals surface area contributed by atoms with E-state index in [4.69, 9.17) is 11.6 Å².